The van der Waals surface area contributed by atoms with Crippen LogP contribution in [-0.4, -0.2) is 11.3 Å². The largest absolute Gasteiger partial charge is 0.445 e. The third-order valence-corrected chi connectivity index (χ3v) is 2.08. The van der Waals surface area contributed by atoms with Crippen LogP contribution in [0.25, 0.3) is 12.2 Å². The van der Waals surface area contributed by atoms with Crippen molar-refractivity contribution in [2.45, 2.75) is 6.42 Å². The zero-order chi connectivity index (χ0) is 11.2. The van der Waals surface area contributed by atoms with Crippen LogP contribution in [-0.2, 0) is 11.2 Å². The molecule has 1 heterocycles. The predicted octanol–water partition coefficient (Wildman–Crippen LogP) is 2.59. The fraction of sp³-hybridized carbons (Fsp3) is 0.0769. The van der Waals surface area contributed by atoms with Gasteiger partial charge in [0.1, 0.15) is 12.5 Å². The molecule has 16 heavy (non-hydrogen) atoms. The van der Waals surface area contributed by atoms with Gasteiger partial charge in [-0.1, -0.05) is 30.3 Å². The third-order valence-electron chi connectivity index (χ3n) is 2.08. The Hall–Kier alpha value is -2.16. The molecule has 0 unspecified atom stereocenters. The van der Waals surface area contributed by atoms with Gasteiger partial charge in [-0.2, -0.15) is 0 Å². The molecule has 2 rings (SSSR count). The number of rotatable bonds is 4. The first-order valence-corrected chi connectivity index (χ1v) is 4.99. The first-order valence-electron chi connectivity index (χ1n) is 4.99. The van der Waals surface area contributed by atoms with Crippen molar-refractivity contribution in [1.29, 1.82) is 0 Å². The normalized spacial score (nSPS) is 10.8. The second-order valence-corrected chi connectivity index (χ2v) is 3.29. The molecule has 0 N–H and O–H groups in total. The van der Waals surface area contributed by atoms with Crippen molar-refractivity contribution in [2.24, 2.45) is 0 Å². The van der Waals surface area contributed by atoms with Gasteiger partial charge in [0.15, 0.2) is 0 Å². The van der Waals surface area contributed by atoms with Crippen LogP contribution >= 0.6 is 0 Å². The quantitative estimate of drug-likeness (QED) is 0.733. The summed E-state index contributed by atoms with van der Waals surface area (Å²) in [4.78, 5) is 14.4. The van der Waals surface area contributed by atoms with Crippen LogP contribution in [0.1, 0.15) is 17.1 Å². The zero-order valence-corrected chi connectivity index (χ0v) is 8.67. The lowest BCUT2D eigenvalue weighted by Crippen LogP contribution is -1.84. The average Bonchev–Trinajstić information content (AvgIpc) is 2.76. The monoisotopic (exact) mass is 213 g/mol. The summed E-state index contributed by atoms with van der Waals surface area (Å²) in [7, 11) is 0. The van der Waals surface area contributed by atoms with Crippen molar-refractivity contribution in [3.63, 3.8) is 0 Å². The average molecular weight is 213 g/mol. The summed E-state index contributed by atoms with van der Waals surface area (Å²) in [5, 5.41) is 0. The third kappa shape index (κ3) is 2.67. The Kier molecular flexibility index (Phi) is 3.28. The van der Waals surface area contributed by atoms with Gasteiger partial charge < -0.3 is 9.21 Å². The number of carbonyl (C=O) groups is 1. The first-order chi connectivity index (χ1) is 7.88. The molecular formula is C13H11NO2. The first kappa shape index (κ1) is 10.4. The lowest BCUT2D eigenvalue weighted by molar-refractivity contribution is -0.107. The number of oxazole rings is 1. The van der Waals surface area contributed by atoms with Crippen LogP contribution in [0.3, 0.4) is 0 Å². The Morgan fingerprint density at radius 1 is 1.19 bits per heavy atom. The Labute approximate surface area is 93.4 Å². The Bertz CT molecular complexity index is 486. The molecular weight excluding hydrogens is 202 g/mol. The highest BCUT2D eigenvalue weighted by Gasteiger charge is 1.99. The molecule has 0 aliphatic carbocycles. The van der Waals surface area contributed by atoms with E-state index >= 15 is 0 Å². The summed E-state index contributed by atoms with van der Waals surface area (Å²) in [5.74, 6) is 0.515. The van der Waals surface area contributed by atoms with Crippen molar-refractivity contribution >= 4 is 18.4 Å². The van der Waals surface area contributed by atoms with Crippen molar-refractivity contribution in [3.05, 3.63) is 53.7 Å². The maximum absolute atomic E-state index is 10.3. The molecule has 0 aliphatic rings. The molecule has 0 bridgehead atoms. The number of carbonyl (C=O) groups excluding carboxylic acids is 1. The number of aromatic nitrogens is 1. The van der Waals surface area contributed by atoms with E-state index in [9.17, 15) is 4.79 Å². The summed E-state index contributed by atoms with van der Waals surface area (Å²) in [5.41, 5.74) is 1.74. The van der Waals surface area contributed by atoms with E-state index in [0.29, 0.717) is 18.0 Å². The van der Waals surface area contributed by atoms with Crippen molar-refractivity contribution in [3.8, 4) is 0 Å². The van der Waals surface area contributed by atoms with E-state index in [-0.39, 0.29) is 0 Å². The number of aldehydes is 1. The van der Waals surface area contributed by atoms with Crippen molar-refractivity contribution < 1.29 is 9.21 Å². The molecule has 3 heteroatoms. The smallest absolute Gasteiger partial charge is 0.218 e. The minimum absolute atomic E-state index is 0.294. The minimum atomic E-state index is 0.294. The molecule has 0 aliphatic heterocycles. The molecule has 0 saturated carbocycles. The second kappa shape index (κ2) is 5.07. The molecule has 0 saturated heterocycles. The van der Waals surface area contributed by atoms with Crippen LogP contribution in [0.5, 0.6) is 0 Å². The molecule has 0 radical (unpaired) electrons. The maximum Gasteiger partial charge on any atom is 0.218 e. The van der Waals surface area contributed by atoms with E-state index in [0.717, 1.165) is 11.8 Å². The molecule has 2 aromatic rings. The highest BCUT2D eigenvalue weighted by Crippen LogP contribution is 2.08. The van der Waals surface area contributed by atoms with Gasteiger partial charge in [-0.15, -0.1) is 0 Å². The van der Waals surface area contributed by atoms with Gasteiger partial charge in [-0.25, -0.2) is 4.98 Å². The van der Waals surface area contributed by atoms with Gasteiger partial charge in [0.2, 0.25) is 5.89 Å². The number of hydrogen-bond acceptors (Lipinski definition) is 3. The number of hydrogen-bond donors (Lipinski definition) is 0. The SMILES string of the molecule is O=CCc1coc(/C=C/c2ccccc2)n1. The van der Waals surface area contributed by atoms with Crippen LogP contribution < -0.4 is 0 Å². The standard InChI is InChI=1S/C13H11NO2/c15-9-8-12-10-16-13(14-12)7-6-11-4-2-1-3-5-11/h1-7,9-10H,8H2/b7-6+. The van der Waals surface area contributed by atoms with Gasteiger partial charge in [0.25, 0.3) is 0 Å². The van der Waals surface area contributed by atoms with Crippen LogP contribution in [0, 0.1) is 0 Å². The van der Waals surface area contributed by atoms with E-state index in [4.69, 9.17) is 4.42 Å². The van der Waals surface area contributed by atoms with Gasteiger partial charge in [0, 0.05) is 12.5 Å². The lowest BCUT2D eigenvalue weighted by Gasteiger charge is -1.89. The summed E-state index contributed by atoms with van der Waals surface area (Å²) in [6.45, 7) is 0. The summed E-state index contributed by atoms with van der Waals surface area (Å²) in [6.07, 6.45) is 6.30. The van der Waals surface area contributed by atoms with E-state index in [2.05, 4.69) is 4.98 Å². The summed E-state index contributed by atoms with van der Waals surface area (Å²) < 4.78 is 5.18. The molecule has 0 amide bonds. The zero-order valence-electron chi connectivity index (χ0n) is 8.67. The second-order valence-electron chi connectivity index (χ2n) is 3.29. The maximum atomic E-state index is 10.3. The van der Waals surface area contributed by atoms with Gasteiger partial charge >= 0.3 is 0 Å². The fourth-order valence-electron chi connectivity index (χ4n) is 1.31. The molecule has 0 spiro atoms. The number of nitrogens with zero attached hydrogens (tertiary/aromatic N) is 1. The Balaban J connectivity index is 2.08. The molecule has 0 atom stereocenters. The lowest BCUT2D eigenvalue weighted by atomic mass is 10.2. The Morgan fingerprint density at radius 2 is 2.00 bits per heavy atom. The van der Waals surface area contributed by atoms with Crippen molar-refractivity contribution in [2.75, 3.05) is 0 Å². The molecule has 3 nitrogen and oxygen atoms in total. The van der Waals surface area contributed by atoms with Gasteiger partial charge in [-0.05, 0) is 11.6 Å². The van der Waals surface area contributed by atoms with Gasteiger partial charge in [-0.3, -0.25) is 0 Å². The summed E-state index contributed by atoms with van der Waals surface area (Å²) in [6, 6.07) is 9.88. The molecule has 80 valence electrons. The predicted molar refractivity (Wildman–Crippen MR) is 61.6 cm³/mol. The topological polar surface area (TPSA) is 43.1 Å². The van der Waals surface area contributed by atoms with Crippen LogP contribution in [0.2, 0.25) is 0 Å². The van der Waals surface area contributed by atoms with E-state index in [1.807, 2.05) is 36.4 Å². The highest BCUT2D eigenvalue weighted by molar-refractivity contribution is 5.66. The van der Waals surface area contributed by atoms with E-state index < -0.39 is 0 Å². The van der Waals surface area contributed by atoms with Gasteiger partial charge in [0.05, 0.1) is 5.69 Å². The number of benzene rings is 1. The minimum Gasteiger partial charge on any atom is -0.445 e. The molecule has 0 fully saturated rings. The fourth-order valence-corrected chi connectivity index (χ4v) is 1.31. The van der Waals surface area contributed by atoms with Crippen LogP contribution in [0.4, 0.5) is 0 Å². The van der Waals surface area contributed by atoms with E-state index in [1.54, 1.807) is 6.08 Å². The van der Waals surface area contributed by atoms with E-state index in [1.165, 1.54) is 6.26 Å². The summed E-state index contributed by atoms with van der Waals surface area (Å²) >= 11 is 0. The molecule has 1 aromatic carbocycles. The Morgan fingerprint density at radius 3 is 2.75 bits per heavy atom. The highest BCUT2D eigenvalue weighted by atomic mass is 16.3. The molecule has 1 aromatic heterocycles. The van der Waals surface area contributed by atoms with Crippen molar-refractivity contribution in [1.82, 2.24) is 4.98 Å². The van der Waals surface area contributed by atoms with Crippen LogP contribution in [0.15, 0.2) is 41.0 Å².